The second kappa shape index (κ2) is 21.0. The molecule has 13 aromatic carbocycles. The van der Waals surface area contributed by atoms with Gasteiger partial charge < -0.3 is 14.7 Å². The maximum absolute atomic E-state index is 2.56. The van der Waals surface area contributed by atoms with E-state index in [0.29, 0.717) is 0 Å². The van der Waals surface area contributed by atoms with Gasteiger partial charge in [-0.05, 0) is 173 Å². The monoisotopic (exact) mass is 1070 g/mol. The van der Waals surface area contributed by atoms with Gasteiger partial charge in [0.05, 0.1) is 11.4 Å². The van der Waals surface area contributed by atoms with Crippen LogP contribution >= 0.6 is 0 Å². The SMILES string of the molecule is Cc1ccc(N(c2ccc(-c3ccccc3)cc2)c2ccc3c(c2)C(C)(C)c2cc4c(N(c5ccc(C)cc5)c5ccc(-c6ccccc6)cc5)c5ccccc5c(N(c5ccc(C)cc5)c5ccc(-c6ccccc6)cc5)c4cc2-3)cc1. The molecular weight excluding hydrogens is 1000 g/mol. The van der Waals surface area contributed by atoms with Gasteiger partial charge in [0, 0.05) is 66.8 Å². The van der Waals surface area contributed by atoms with Crippen LogP contribution in [0.2, 0.25) is 0 Å². The first-order chi connectivity index (χ1) is 40.6. The highest BCUT2D eigenvalue weighted by molar-refractivity contribution is 6.24. The maximum Gasteiger partial charge on any atom is 0.0620 e. The predicted octanol–water partition coefficient (Wildman–Crippen LogP) is 22.6. The molecule has 0 heterocycles. The van der Waals surface area contributed by atoms with E-state index < -0.39 is 0 Å². The largest absolute Gasteiger partial charge is 0.310 e. The summed E-state index contributed by atoms with van der Waals surface area (Å²) in [4.78, 5) is 7.43. The van der Waals surface area contributed by atoms with Gasteiger partial charge in [-0.15, -0.1) is 0 Å². The summed E-state index contributed by atoms with van der Waals surface area (Å²) < 4.78 is 0. The van der Waals surface area contributed by atoms with E-state index in [4.69, 9.17) is 0 Å². The highest BCUT2D eigenvalue weighted by Crippen LogP contribution is 2.57. The lowest BCUT2D eigenvalue weighted by atomic mass is 9.81. The fourth-order valence-corrected chi connectivity index (χ4v) is 12.6. The lowest BCUT2D eigenvalue weighted by molar-refractivity contribution is 0.661. The zero-order valence-electron chi connectivity index (χ0n) is 47.6. The molecule has 14 rings (SSSR count). The minimum atomic E-state index is -0.385. The first-order valence-corrected chi connectivity index (χ1v) is 28.9. The van der Waals surface area contributed by atoms with Gasteiger partial charge in [-0.3, -0.25) is 0 Å². The van der Waals surface area contributed by atoms with Crippen LogP contribution in [0.1, 0.15) is 41.7 Å². The number of rotatable bonds is 12. The Bertz CT molecular complexity index is 4480. The molecule has 3 heteroatoms. The summed E-state index contributed by atoms with van der Waals surface area (Å²) >= 11 is 0. The van der Waals surface area contributed by atoms with Crippen molar-refractivity contribution in [1.29, 1.82) is 0 Å². The van der Waals surface area contributed by atoms with Crippen LogP contribution in [-0.4, -0.2) is 0 Å². The zero-order chi connectivity index (χ0) is 56.2. The Morgan fingerprint density at radius 2 is 0.518 bits per heavy atom. The molecule has 0 radical (unpaired) electrons. The standard InChI is InChI=1S/C80H63N3/c1-54-25-37-63(38-26-54)81(64-43-31-60(32-44-64)57-17-9-6-10-18-57)69-49-50-70-73-52-74-75(53-77(73)80(4,5)76(70)51-69)79(83(66-41-29-56(3)30-42-66)68-47-35-62(36-48-68)59-21-13-8-14-22-59)72-24-16-15-23-71(72)78(74)82(65-39-27-55(2)28-40-65)67-45-33-61(34-46-67)58-19-11-7-12-20-58/h6-53H,1-5H3. The van der Waals surface area contributed by atoms with Gasteiger partial charge in [-0.1, -0.05) is 225 Å². The Morgan fingerprint density at radius 1 is 0.229 bits per heavy atom. The van der Waals surface area contributed by atoms with E-state index in [0.717, 1.165) is 67.3 Å². The maximum atomic E-state index is 2.56. The Hall–Kier alpha value is -10.2. The van der Waals surface area contributed by atoms with Crippen LogP contribution in [0.4, 0.5) is 51.2 Å². The second-order valence-corrected chi connectivity index (χ2v) is 22.8. The van der Waals surface area contributed by atoms with Crippen LogP contribution in [0.5, 0.6) is 0 Å². The van der Waals surface area contributed by atoms with Crippen LogP contribution in [0, 0.1) is 20.8 Å². The van der Waals surface area contributed by atoms with Crippen LogP contribution in [-0.2, 0) is 5.41 Å². The molecule has 0 unspecified atom stereocenters. The molecular formula is C80H63N3. The van der Waals surface area contributed by atoms with Crippen molar-refractivity contribution in [2.24, 2.45) is 0 Å². The molecule has 3 nitrogen and oxygen atoms in total. The van der Waals surface area contributed by atoms with E-state index in [1.807, 2.05) is 0 Å². The molecule has 0 bridgehead atoms. The quantitative estimate of drug-likeness (QED) is 0.0892. The number of nitrogens with zero attached hydrogens (tertiary/aromatic N) is 3. The van der Waals surface area contributed by atoms with Crippen molar-refractivity contribution >= 4 is 72.7 Å². The van der Waals surface area contributed by atoms with Crippen LogP contribution < -0.4 is 14.7 Å². The van der Waals surface area contributed by atoms with Gasteiger partial charge in [0.1, 0.15) is 0 Å². The average molecular weight is 1070 g/mol. The lowest BCUT2D eigenvalue weighted by Gasteiger charge is -2.34. The number of hydrogen-bond acceptors (Lipinski definition) is 3. The summed E-state index contributed by atoms with van der Waals surface area (Å²) in [6.45, 7) is 11.3. The fraction of sp³-hybridized carbons (Fsp3) is 0.0750. The molecule has 0 aliphatic heterocycles. The van der Waals surface area contributed by atoms with Crippen molar-refractivity contribution in [1.82, 2.24) is 0 Å². The minimum Gasteiger partial charge on any atom is -0.310 e. The highest BCUT2D eigenvalue weighted by Gasteiger charge is 2.38. The molecule has 83 heavy (non-hydrogen) atoms. The summed E-state index contributed by atoms with van der Waals surface area (Å²) in [6, 6.07) is 108. The average Bonchev–Trinajstić information content (AvgIpc) is 2.35. The number of fused-ring (bicyclic) bond motifs is 5. The topological polar surface area (TPSA) is 9.72 Å². The Morgan fingerprint density at radius 3 is 0.892 bits per heavy atom. The normalized spacial score (nSPS) is 12.3. The molecule has 0 saturated carbocycles. The molecule has 0 aromatic heterocycles. The third kappa shape index (κ3) is 9.31. The number of aryl methyl sites for hydroxylation is 3. The number of anilines is 9. The van der Waals surface area contributed by atoms with E-state index in [1.54, 1.807) is 0 Å². The molecule has 1 aliphatic carbocycles. The summed E-state index contributed by atoms with van der Waals surface area (Å²) in [5.74, 6) is 0. The fourth-order valence-electron chi connectivity index (χ4n) is 12.6. The molecule has 0 amide bonds. The molecule has 0 fully saturated rings. The Kier molecular flexibility index (Phi) is 12.9. The van der Waals surface area contributed by atoms with Crippen LogP contribution in [0.3, 0.4) is 0 Å². The van der Waals surface area contributed by atoms with E-state index in [9.17, 15) is 0 Å². The first kappa shape index (κ1) is 51.0. The molecule has 0 N–H and O–H groups in total. The van der Waals surface area contributed by atoms with E-state index in [-0.39, 0.29) is 5.41 Å². The summed E-state index contributed by atoms with van der Waals surface area (Å²) in [5.41, 5.74) is 25.5. The van der Waals surface area contributed by atoms with E-state index >= 15 is 0 Å². The van der Waals surface area contributed by atoms with E-state index in [1.165, 1.54) is 77.7 Å². The highest BCUT2D eigenvalue weighted by atomic mass is 15.2. The van der Waals surface area contributed by atoms with Gasteiger partial charge in [-0.25, -0.2) is 0 Å². The number of hydrogen-bond donors (Lipinski definition) is 0. The number of benzene rings is 13. The van der Waals surface area contributed by atoms with Gasteiger partial charge >= 0.3 is 0 Å². The third-order valence-electron chi connectivity index (χ3n) is 17.0. The third-order valence-corrected chi connectivity index (χ3v) is 17.0. The van der Waals surface area contributed by atoms with E-state index in [2.05, 4.69) is 341 Å². The van der Waals surface area contributed by atoms with Crippen molar-refractivity contribution in [2.75, 3.05) is 14.7 Å². The summed E-state index contributed by atoms with van der Waals surface area (Å²) in [6.07, 6.45) is 0. The zero-order valence-corrected chi connectivity index (χ0v) is 47.6. The lowest BCUT2D eigenvalue weighted by Crippen LogP contribution is -2.17. The molecule has 398 valence electrons. The molecule has 0 saturated heterocycles. The Labute approximate surface area is 488 Å². The van der Waals surface area contributed by atoms with Crippen molar-refractivity contribution in [2.45, 2.75) is 40.0 Å². The molecule has 0 spiro atoms. The van der Waals surface area contributed by atoms with Crippen molar-refractivity contribution in [3.05, 3.63) is 319 Å². The summed E-state index contributed by atoms with van der Waals surface area (Å²) in [5, 5.41) is 4.64. The summed E-state index contributed by atoms with van der Waals surface area (Å²) in [7, 11) is 0. The predicted molar refractivity (Wildman–Crippen MR) is 354 cm³/mol. The van der Waals surface area contributed by atoms with Crippen molar-refractivity contribution in [3.63, 3.8) is 0 Å². The second-order valence-electron chi connectivity index (χ2n) is 22.8. The molecule has 13 aromatic rings. The minimum absolute atomic E-state index is 0.385. The molecule has 0 atom stereocenters. The van der Waals surface area contributed by atoms with Gasteiger partial charge in [0.15, 0.2) is 0 Å². The van der Waals surface area contributed by atoms with Gasteiger partial charge in [0.2, 0.25) is 0 Å². The Balaban J connectivity index is 1.03. The van der Waals surface area contributed by atoms with Crippen molar-refractivity contribution < 1.29 is 0 Å². The van der Waals surface area contributed by atoms with Crippen LogP contribution in [0.25, 0.3) is 66.1 Å². The molecule has 1 aliphatic rings. The van der Waals surface area contributed by atoms with Gasteiger partial charge in [-0.2, -0.15) is 0 Å². The van der Waals surface area contributed by atoms with Crippen molar-refractivity contribution in [3.8, 4) is 44.5 Å². The smallest absolute Gasteiger partial charge is 0.0620 e. The van der Waals surface area contributed by atoms with Gasteiger partial charge in [0.25, 0.3) is 0 Å². The van der Waals surface area contributed by atoms with Crippen LogP contribution in [0.15, 0.2) is 291 Å². The first-order valence-electron chi connectivity index (χ1n) is 28.9.